The van der Waals surface area contributed by atoms with Crippen LogP contribution in [0.25, 0.3) is 0 Å². The summed E-state index contributed by atoms with van der Waals surface area (Å²) in [4.78, 5) is 22.2. The molecule has 0 spiro atoms. The van der Waals surface area contributed by atoms with E-state index in [0.717, 1.165) is 0 Å². The number of nitrogens with zero attached hydrogens (tertiary/aromatic N) is 1. The summed E-state index contributed by atoms with van der Waals surface area (Å²) in [6.45, 7) is 1.63. The van der Waals surface area contributed by atoms with E-state index >= 15 is 0 Å². The number of carbonyl (C=O) groups is 2. The molecule has 1 amide bonds. The fourth-order valence-electron chi connectivity index (χ4n) is 1.35. The fraction of sp³-hybridized carbons (Fsp3) is 0.545. The van der Waals surface area contributed by atoms with Gasteiger partial charge >= 0.3 is 12.1 Å². The third kappa shape index (κ3) is 4.18. The van der Waals surface area contributed by atoms with Crippen LogP contribution in [0, 0.1) is 6.92 Å². The Bertz CT molecular complexity index is 529. The van der Waals surface area contributed by atoms with Gasteiger partial charge in [-0.1, -0.05) is 5.16 Å². The van der Waals surface area contributed by atoms with Crippen LogP contribution in [0.3, 0.4) is 0 Å². The zero-order valence-electron chi connectivity index (χ0n) is 11.2. The van der Waals surface area contributed by atoms with Crippen LogP contribution < -0.4 is 10.6 Å². The summed E-state index contributed by atoms with van der Waals surface area (Å²) >= 11 is 0. The van der Waals surface area contributed by atoms with E-state index in [0.29, 0.717) is 12.7 Å². The molecule has 1 heterocycles. The van der Waals surface area contributed by atoms with E-state index in [2.05, 4.69) is 10.5 Å². The van der Waals surface area contributed by atoms with Gasteiger partial charge in [-0.05, 0) is 13.8 Å². The van der Waals surface area contributed by atoms with Crippen LogP contribution in [0.5, 0.6) is 0 Å². The van der Waals surface area contributed by atoms with Crippen molar-refractivity contribution < 1.29 is 32.4 Å². The Morgan fingerprint density at radius 2 is 2.05 bits per heavy atom. The second-order valence-electron chi connectivity index (χ2n) is 4.48. The predicted molar refractivity (Wildman–Crippen MR) is 64.6 cm³/mol. The molecule has 0 fully saturated rings. The lowest BCUT2D eigenvalue weighted by molar-refractivity contribution is -0.205. The molecule has 21 heavy (non-hydrogen) atoms. The quantitative estimate of drug-likeness (QED) is 0.732. The second kappa shape index (κ2) is 6.12. The maximum atomic E-state index is 12.7. The van der Waals surface area contributed by atoms with Crippen molar-refractivity contribution in [1.82, 2.24) is 10.5 Å². The Morgan fingerprint density at radius 1 is 1.43 bits per heavy atom. The number of nitrogens with one attached hydrogen (secondary N) is 2. The Labute approximate surface area is 117 Å². The van der Waals surface area contributed by atoms with Crippen molar-refractivity contribution in [2.45, 2.75) is 32.0 Å². The molecule has 0 aliphatic carbocycles. The summed E-state index contributed by atoms with van der Waals surface area (Å²) in [5.74, 6) is -2.10. The van der Waals surface area contributed by atoms with Crippen molar-refractivity contribution in [1.29, 1.82) is 0 Å². The molecule has 10 heteroatoms. The van der Waals surface area contributed by atoms with E-state index in [-0.39, 0.29) is 12.2 Å². The molecule has 0 aliphatic heterocycles. The molecule has 7 nitrogen and oxygen atoms in total. The molecule has 0 saturated carbocycles. The van der Waals surface area contributed by atoms with Gasteiger partial charge in [0.15, 0.2) is 5.82 Å². The first kappa shape index (κ1) is 17.0. The molecule has 0 aliphatic rings. The monoisotopic (exact) mass is 309 g/mol. The first-order valence-corrected chi connectivity index (χ1v) is 5.84. The van der Waals surface area contributed by atoms with Gasteiger partial charge in [-0.3, -0.25) is 10.1 Å². The molecule has 1 aromatic rings. The van der Waals surface area contributed by atoms with Gasteiger partial charge in [0.25, 0.3) is 0 Å². The number of carboxylic acid groups (broad SMARTS) is 1. The molecular formula is C11H14F3N3O4. The summed E-state index contributed by atoms with van der Waals surface area (Å²) in [5.41, 5.74) is -3.11. The minimum atomic E-state index is -4.99. The number of hydrogen-bond acceptors (Lipinski definition) is 5. The molecule has 0 radical (unpaired) electrons. The molecule has 0 saturated heterocycles. The highest BCUT2D eigenvalue weighted by atomic mass is 19.4. The zero-order valence-corrected chi connectivity index (χ0v) is 11.2. The standard InChI is InChI=1S/C11H14F3N3O4/c1-6-5-7(17-21-6)16-8(18)3-4-15-10(2,9(19)20)11(12,13)14/h5,15H,3-4H2,1-2H3,(H,19,20)(H,16,17,18). The first-order chi connectivity index (χ1) is 9.56. The number of anilines is 1. The van der Waals surface area contributed by atoms with E-state index in [1.54, 1.807) is 6.92 Å². The third-order valence-electron chi connectivity index (χ3n) is 2.72. The largest absolute Gasteiger partial charge is 0.480 e. The van der Waals surface area contributed by atoms with Crippen molar-refractivity contribution >= 4 is 17.7 Å². The number of aryl methyl sites for hydroxylation is 1. The van der Waals surface area contributed by atoms with Crippen LogP contribution >= 0.6 is 0 Å². The number of hydrogen-bond donors (Lipinski definition) is 3. The van der Waals surface area contributed by atoms with Crippen molar-refractivity contribution in [2.24, 2.45) is 0 Å². The highest BCUT2D eigenvalue weighted by molar-refractivity contribution is 5.89. The van der Waals surface area contributed by atoms with Crippen LogP contribution in [0.15, 0.2) is 10.6 Å². The number of carboxylic acids is 1. The molecule has 1 rings (SSSR count). The van der Waals surface area contributed by atoms with E-state index in [9.17, 15) is 22.8 Å². The van der Waals surface area contributed by atoms with E-state index in [4.69, 9.17) is 9.63 Å². The van der Waals surface area contributed by atoms with E-state index < -0.39 is 30.1 Å². The van der Waals surface area contributed by atoms with Gasteiger partial charge in [0, 0.05) is 19.0 Å². The number of carbonyl (C=O) groups excluding carboxylic acids is 1. The smallest absolute Gasteiger partial charge is 0.417 e. The first-order valence-electron chi connectivity index (χ1n) is 5.84. The zero-order chi connectivity index (χ0) is 16.3. The summed E-state index contributed by atoms with van der Waals surface area (Å²) in [5, 5.41) is 16.3. The minimum absolute atomic E-state index is 0.134. The number of aromatic nitrogens is 1. The maximum Gasteiger partial charge on any atom is 0.417 e. The summed E-state index contributed by atoms with van der Waals surface area (Å²) in [7, 11) is 0. The Balaban J connectivity index is 2.51. The van der Waals surface area contributed by atoms with Gasteiger partial charge in [0.2, 0.25) is 11.4 Å². The van der Waals surface area contributed by atoms with Gasteiger partial charge in [-0.25, -0.2) is 4.79 Å². The average molecular weight is 309 g/mol. The molecular weight excluding hydrogens is 295 g/mol. The van der Waals surface area contributed by atoms with Crippen LogP contribution in [0.4, 0.5) is 19.0 Å². The second-order valence-corrected chi connectivity index (χ2v) is 4.48. The minimum Gasteiger partial charge on any atom is -0.480 e. The normalized spacial score (nSPS) is 14.5. The highest BCUT2D eigenvalue weighted by Gasteiger charge is 2.57. The Hall–Kier alpha value is -2.10. The van der Waals surface area contributed by atoms with Crippen LogP contribution in [0.2, 0.25) is 0 Å². The number of rotatable bonds is 6. The molecule has 0 bridgehead atoms. The molecule has 118 valence electrons. The van der Waals surface area contributed by atoms with Crippen molar-refractivity contribution in [3.8, 4) is 0 Å². The van der Waals surface area contributed by atoms with Gasteiger partial charge < -0.3 is 14.9 Å². The van der Waals surface area contributed by atoms with Crippen LogP contribution in [-0.4, -0.2) is 40.4 Å². The van der Waals surface area contributed by atoms with Crippen molar-refractivity contribution in [3.05, 3.63) is 11.8 Å². The molecule has 1 aromatic heterocycles. The Kier molecular flexibility index (Phi) is 4.94. The van der Waals surface area contributed by atoms with Gasteiger partial charge in [-0.15, -0.1) is 0 Å². The lowest BCUT2D eigenvalue weighted by Gasteiger charge is -2.28. The van der Waals surface area contributed by atoms with Gasteiger partial charge in [-0.2, -0.15) is 13.2 Å². The summed E-state index contributed by atoms with van der Waals surface area (Å²) in [6, 6.07) is 1.43. The van der Waals surface area contributed by atoms with Crippen molar-refractivity contribution in [3.63, 3.8) is 0 Å². The lowest BCUT2D eigenvalue weighted by Crippen LogP contribution is -2.60. The number of amides is 1. The molecule has 1 unspecified atom stereocenters. The van der Waals surface area contributed by atoms with Gasteiger partial charge in [0.05, 0.1) is 0 Å². The summed E-state index contributed by atoms with van der Waals surface area (Å²) in [6.07, 6.45) is -5.34. The van der Waals surface area contributed by atoms with E-state index in [1.165, 1.54) is 6.07 Å². The highest BCUT2D eigenvalue weighted by Crippen LogP contribution is 2.30. The van der Waals surface area contributed by atoms with Gasteiger partial charge in [0.1, 0.15) is 5.76 Å². The number of halogens is 3. The molecule has 3 N–H and O–H groups in total. The van der Waals surface area contributed by atoms with Crippen molar-refractivity contribution in [2.75, 3.05) is 11.9 Å². The average Bonchev–Trinajstić information content (AvgIpc) is 2.72. The van der Waals surface area contributed by atoms with Crippen LogP contribution in [0.1, 0.15) is 19.1 Å². The number of alkyl halides is 3. The lowest BCUT2D eigenvalue weighted by atomic mass is 10.0. The summed E-state index contributed by atoms with van der Waals surface area (Å²) < 4.78 is 42.7. The molecule has 1 atom stereocenters. The SMILES string of the molecule is Cc1cc(NC(=O)CCNC(C)(C(=O)O)C(F)(F)F)no1. The van der Waals surface area contributed by atoms with Crippen LogP contribution in [-0.2, 0) is 9.59 Å². The Morgan fingerprint density at radius 3 is 2.48 bits per heavy atom. The number of aliphatic carboxylic acids is 1. The molecule has 0 aromatic carbocycles. The fourth-order valence-corrected chi connectivity index (χ4v) is 1.35. The predicted octanol–water partition coefficient (Wildman–Crippen LogP) is 1.31. The third-order valence-corrected chi connectivity index (χ3v) is 2.72. The maximum absolute atomic E-state index is 12.7. The topological polar surface area (TPSA) is 104 Å². The van der Waals surface area contributed by atoms with E-state index in [1.807, 2.05) is 5.32 Å².